The number of hydrogen-bond donors (Lipinski definition) is 3. The van der Waals surface area contributed by atoms with Crippen molar-refractivity contribution in [2.24, 2.45) is 0 Å². The molecule has 2 aromatic carbocycles. The van der Waals surface area contributed by atoms with Crippen molar-refractivity contribution in [2.45, 2.75) is 0 Å². The first kappa shape index (κ1) is 12.8. The summed E-state index contributed by atoms with van der Waals surface area (Å²) in [5, 5.41) is 11.6. The Kier molecular flexibility index (Phi) is 3.33. The van der Waals surface area contributed by atoms with E-state index >= 15 is 0 Å². The van der Waals surface area contributed by atoms with Crippen LogP contribution in [0.2, 0.25) is 0 Å². The van der Waals surface area contributed by atoms with Crippen LogP contribution in [0.15, 0.2) is 36.4 Å². The Bertz CT molecular complexity index is 645. The zero-order valence-electron chi connectivity index (χ0n) is 9.65. The molecule has 4 nitrogen and oxygen atoms in total. The fourth-order valence-corrected chi connectivity index (χ4v) is 1.59. The maximum Gasteiger partial charge on any atom is 0.337 e. The predicted molar refractivity (Wildman–Crippen MR) is 67.5 cm³/mol. The van der Waals surface area contributed by atoms with Gasteiger partial charge in [0.2, 0.25) is 0 Å². The summed E-state index contributed by atoms with van der Waals surface area (Å²) in [6, 6.07) is 7.05. The van der Waals surface area contributed by atoms with Gasteiger partial charge in [-0.25, -0.2) is 13.6 Å². The summed E-state index contributed by atoms with van der Waals surface area (Å²) >= 11 is 0. The normalized spacial score (nSPS) is 10.2. The van der Waals surface area contributed by atoms with E-state index in [0.29, 0.717) is 11.8 Å². The molecule has 19 heavy (non-hydrogen) atoms. The van der Waals surface area contributed by atoms with Gasteiger partial charge in [-0.05, 0) is 30.3 Å². The number of nitrogen functional groups attached to an aromatic ring is 1. The van der Waals surface area contributed by atoms with Gasteiger partial charge in [-0.15, -0.1) is 0 Å². The van der Waals surface area contributed by atoms with E-state index < -0.39 is 17.6 Å². The molecule has 0 aliphatic heterocycles. The molecule has 4 N–H and O–H groups in total. The molecule has 0 unspecified atom stereocenters. The van der Waals surface area contributed by atoms with Gasteiger partial charge in [-0.1, -0.05) is 0 Å². The Morgan fingerprint density at radius 3 is 2.47 bits per heavy atom. The predicted octanol–water partition coefficient (Wildman–Crippen LogP) is 2.99. The highest BCUT2D eigenvalue weighted by atomic mass is 19.1. The summed E-state index contributed by atoms with van der Waals surface area (Å²) in [7, 11) is 0. The first-order chi connectivity index (χ1) is 8.97. The second-order valence-corrected chi connectivity index (χ2v) is 3.86. The van der Waals surface area contributed by atoms with Crippen molar-refractivity contribution in [3.05, 3.63) is 53.6 Å². The number of rotatable bonds is 3. The molecule has 0 aliphatic rings. The van der Waals surface area contributed by atoms with E-state index in [-0.39, 0.29) is 16.9 Å². The van der Waals surface area contributed by atoms with Crippen LogP contribution in [0.4, 0.5) is 25.8 Å². The molecule has 0 aromatic heterocycles. The Morgan fingerprint density at radius 2 is 1.84 bits per heavy atom. The minimum atomic E-state index is -1.18. The first-order valence-corrected chi connectivity index (χ1v) is 5.32. The molecule has 0 heterocycles. The number of carboxylic acids is 1. The van der Waals surface area contributed by atoms with Crippen LogP contribution in [0.5, 0.6) is 0 Å². The SMILES string of the molecule is Nc1ccc(C(=O)O)c(Nc2ccc(F)cc2F)c1. The monoisotopic (exact) mass is 264 g/mol. The average Bonchev–Trinajstić information content (AvgIpc) is 2.32. The van der Waals surface area contributed by atoms with Crippen LogP contribution >= 0.6 is 0 Å². The van der Waals surface area contributed by atoms with Gasteiger partial charge in [-0.2, -0.15) is 0 Å². The highest BCUT2D eigenvalue weighted by Crippen LogP contribution is 2.25. The summed E-state index contributed by atoms with van der Waals surface area (Å²) in [5.41, 5.74) is 5.93. The molecule has 0 saturated carbocycles. The molecule has 0 spiro atoms. The number of benzene rings is 2. The molecule has 0 atom stereocenters. The lowest BCUT2D eigenvalue weighted by Gasteiger charge is -2.11. The maximum absolute atomic E-state index is 13.5. The summed E-state index contributed by atoms with van der Waals surface area (Å²) in [6.45, 7) is 0. The van der Waals surface area contributed by atoms with Gasteiger partial charge in [0.05, 0.1) is 16.9 Å². The second-order valence-electron chi connectivity index (χ2n) is 3.86. The van der Waals surface area contributed by atoms with Crippen LogP contribution in [-0.2, 0) is 0 Å². The Labute approximate surface area is 107 Å². The number of carbonyl (C=O) groups is 1. The van der Waals surface area contributed by atoms with Gasteiger partial charge in [0.1, 0.15) is 11.6 Å². The van der Waals surface area contributed by atoms with Crippen molar-refractivity contribution < 1.29 is 18.7 Å². The van der Waals surface area contributed by atoms with Crippen molar-refractivity contribution in [3.63, 3.8) is 0 Å². The Morgan fingerprint density at radius 1 is 1.11 bits per heavy atom. The third-order valence-corrected chi connectivity index (χ3v) is 2.47. The molecule has 98 valence electrons. The van der Waals surface area contributed by atoms with E-state index in [1.165, 1.54) is 24.3 Å². The largest absolute Gasteiger partial charge is 0.478 e. The third-order valence-electron chi connectivity index (χ3n) is 2.47. The van der Waals surface area contributed by atoms with Crippen molar-refractivity contribution in [3.8, 4) is 0 Å². The molecule has 6 heteroatoms. The lowest BCUT2D eigenvalue weighted by atomic mass is 10.1. The van der Waals surface area contributed by atoms with Gasteiger partial charge >= 0.3 is 5.97 Å². The van der Waals surface area contributed by atoms with Gasteiger partial charge in [0, 0.05) is 11.8 Å². The van der Waals surface area contributed by atoms with Crippen LogP contribution in [-0.4, -0.2) is 11.1 Å². The van der Waals surface area contributed by atoms with Crippen molar-refractivity contribution in [2.75, 3.05) is 11.1 Å². The number of halogens is 2. The summed E-state index contributed by atoms with van der Waals surface area (Å²) in [6.07, 6.45) is 0. The molecule has 0 bridgehead atoms. The van der Waals surface area contributed by atoms with Crippen molar-refractivity contribution >= 4 is 23.0 Å². The highest BCUT2D eigenvalue weighted by molar-refractivity contribution is 5.96. The van der Waals surface area contributed by atoms with Crippen LogP contribution in [0.3, 0.4) is 0 Å². The number of hydrogen-bond acceptors (Lipinski definition) is 3. The number of nitrogens with one attached hydrogen (secondary N) is 1. The fraction of sp³-hybridized carbons (Fsp3) is 0. The molecule has 2 rings (SSSR count). The van der Waals surface area contributed by atoms with E-state index in [2.05, 4.69) is 5.32 Å². The quantitative estimate of drug-likeness (QED) is 0.745. The van der Waals surface area contributed by atoms with Crippen LogP contribution < -0.4 is 11.1 Å². The minimum absolute atomic E-state index is 0.0329. The zero-order valence-corrected chi connectivity index (χ0v) is 9.65. The Hall–Kier alpha value is -2.63. The molecule has 0 saturated heterocycles. The third kappa shape index (κ3) is 2.79. The fourth-order valence-electron chi connectivity index (χ4n) is 1.59. The number of anilines is 3. The van der Waals surface area contributed by atoms with Crippen LogP contribution in [0.1, 0.15) is 10.4 Å². The van der Waals surface area contributed by atoms with E-state index in [1.807, 2.05) is 0 Å². The van der Waals surface area contributed by atoms with Crippen molar-refractivity contribution in [1.82, 2.24) is 0 Å². The first-order valence-electron chi connectivity index (χ1n) is 5.32. The van der Waals surface area contributed by atoms with E-state index in [1.54, 1.807) is 0 Å². The van der Waals surface area contributed by atoms with Crippen molar-refractivity contribution in [1.29, 1.82) is 0 Å². The number of carboxylic acid groups (broad SMARTS) is 1. The minimum Gasteiger partial charge on any atom is -0.478 e. The number of aromatic carboxylic acids is 1. The standard InChI is InChI=1S/C13H10F2N2O2/c14-7-1-4-11(10(15)5-7)17-12-6-8(16)2-3-9(12)13(18)19/h1-6,17H,16H2,(H,18,19). The summed E-state index contributed by atoms with van der Waals surface area (Å²) < 4.78 is 26.3. The molecule has 0 aliphatic carbocycles. The van der Waals surface area contributed by atoms with Crippen LogP contribution in [0, 0.1) is 11.6 Å². The van der Waals surface area contributed by atoms with E-state index in [9.17, 15) is 13.6 Å². The summed E-state index contributed by atoms with van der Waals surface area (Å²) in [5.74, 6) is -2.71. The average molecular weight is 264 g/mol. The highest BCUT2D eigenvalue weighted by Gasteiger charge is 2.12. The lowest BCUT2D eigenvalue weighted by Crippen LogP contribution is -2.04. The maximum atomic E-state index is 13.5. The zero-order chi connectivity index (χ0) is 14.0. The lowest BCUT2D eigenvalue weighted by molar-refractivity contribution is 0.0698. The number of nitrogens with two attached hydrogens (primary N) is 1. The smallest absolute Gasteiger partial charge is 0.337 e. The molecule has 2 aromatic rings. The van der Waals surface area contributed by atoms with Gasteiger partial charge in [-0.3, -0.25) is 0 Å². The van der Waals surface area contributed by atoms with Gasteiger partial charge < -0.3 is 16.2 Å². The topological polar surface area (TPSA) is 75.4 Å². The van der Waals surface area contributed by atoms with Gasteiger partial charge in [0.15, 0.2) is 0 Å². The molecule has 0 radical (unpaired) electrons. The van der Waals surface area contributed by atoms with E-state index in [0.717, 1.165) is 6.07 Å². The molecular weight excluding hydrogens is 254 g/mol. The molecule has 0 amide bonds. The molecule has 0 fully saturated rings. The van der Waals surface area contributed by atoms with Gasteiger partial charge in [0.25, 0.3) is 0 Å². The second kappa shape index (κ2) is 4.93. The van der Waals surface area contributed by atoms with Crippen LogP contribution in [0.25, 0.3) is 0 Å². The van der Waals surface area contributed by atoms with E-state index in [4.69, 9.17) is 10.8 Å². The Balaban J connectivity index is 2.42. The molecular formula is C13H10F2N2O2. The summed E-state index contributed by atoms with van der Waals surface area (Å²) in [4.78, 5) is 11.0.